The number of ether oxygens (including phenoxy) is 1. The largest absolute Gasteiger partial charge is 0.497 e. The lowest BCUT2D eigenvalue weighted by Gasteiger charge is -2.04. The molecule has 1 aromatic carbocycles. The van der Waals surface area contributed by atoms with Crippen molar-refractivity contribution in [1.29, 1.82) is 0 Å². The number of rotatable bonds is 3. The van der Waals surface area contributed by atoms with Crippen LogP contribution in [0.1, 0.15) is 6.92 Å². The molecular formula is C10H14N4O. The molecule has 0 saturated heterocycles. The Balaban J connectivity index is 2.65. The summed E-state index contributed by atoms with van der Waals surface area (Å²) in [6.45, 7) is 2.87. The summed E-state index contributed by atoms with van der Waals surface area (Å²) in [4.78, 5) is 4.36. The van der Waals surface area contributed by atoms with Crippen molar-refractivity contribution >= 4 is 17.0 Å². The second-order valence-corrected chi connectivity index (χ2v) is 3.18. The summed E-state index contributed by atoms with van der Waals surface area (Å²) in [5.41, 5.74) is 4.51. The standard InChI is InChI=1S/C10H14N4O/c1-3-14-9-5-4-7(15-2)6-8(9)12-10(14)13-11/h4-6H,3,11H2,1-2H3,(H,12,13). The average Bonchev–Trinajstić information content (AvgIpc) is 2.65. The fourth-order valence-corrected chi connectivity index (χ4v) is 1.67. The van der Waals surface area contributed by atoms with E-state index in [1.807, 2.05) is 29.7 Å². The van der Waals surface area contributed by atoms with Crippen LogP contribution in [0.15, 0.2) is 18.2 Å². The Bertz CT molecular complexity index is 477. The molecule has 0 aliphatic rings. The number of nitrogen functional groups attached to an aromatic ring is 1. The number of hydrogen-bond donors (Lipinski definition) is 2. The first-order valence-electron chi connectivity index (χ1n) is 4.81. The van der Waals surface area contributed by atoms with E-state index < -0.39 is 0 Å². The van der Waals surface area contributed by atoms with Crippen LogP contribution in [0.25, 0.3) is 11.0 Å². The first kappa shape index (κ1) is 9.79. The molecule has 3 N–H and O–H groups in total. The van der Waals surface area contributed by atoms with E-state index in [9.17, 15) is 0 Å². The van der Waals surface area contributed by atoms with Crippen LogP contribution in [0.4, 0.5) is 5.95 Å². The first-order valence-corrected chi connectivity index (χ1v) is 4.81. The molecule has 15 heavy (non-hydrogen) atoms. The molecule has 0 atom stereocenters. The minimum atomic E-state index is 0.667. The molecule has 0 saturated carbocycles. The Morgan fingerprint density at radius 3 is 2.93 bits per heavy atom. The SMILES string of the molecule is CCn1c(NN)nc2cc(OC)ccc21. The van der Waals surface area contributed by atoms with Crippen molar-refractivity contribution in [2.75, 3.05) is 12.5 Å². The number of nitrogens with two attached hydrogens (primary N) is 1. The number of hydrazine groups is 1. The number of nitrogens with one attached hydrogen (secondary N) is 1. The Labute approximate surface area is 87.8 Å². The second kappa shape index (κ2) is 3.78. The fourth-order valence-electron chi connectivity index (χ4n) is 1.67. The average molecular weight is 206 g/mol. The molecule has 0 aliphatic carbocycles. The smallest absolute Gasteiger partial charge is 0.218 e. The van der Waals surface area contributed by atoms with Crippen LogP contribution >= 0.6 is 0 Å². The highest BCUT2D eigenvalue weighted by atomic mass is 16.5. The molecule has 0 spiro atoms. The molecule has 80 valence electrons. The fraction of sp³-hybridized carbons (Fsp3) is 0.300. The minimum absolute atomic E-state index is 0.667. The number of fused-ring (bicyclic) bond motifs is 1. The predicted molar refractivity (Wildman–Crippen MR) is 59.8 cm³/mol. The number of methoxy groups -OCH3 is 1. The summed E-state index contributed by atoms with van der Waals surface area (Å²) in [5, 5.41) is 0. The van der Waals surface area contributed by atoms with E-state index in [2.05, 4.69) is 10.4 Å². The third kappa shape index (κ3) is 1.50. The highest BCUT2D eigenvalue weighted by Crippen LogP contribution is 2.23. The molecule has 5 heteroatoms. The quantitative estimate of drug-likeness (QED) is 0.587. The van der Waals surface area contributed by atoms with Crippen molar-refractivity contribution in [3.8, 4) is 5.75 Å². The summed E-state index contributed by atoms with van der Waals surface area (Å²) in [6, 6.07) is 5.78. The Morgan fingerprint density at radius 2 is 2.33 bits per heavy atom. The molecule has 5 nitrogen and oxygen atoms in total. The lowest BCUT2D eigenvalue weighted by atomic mass is 10.3. The number of anilines is 1. The van der Waals surface area contributed by atoms with Crippen LogP contribution in [-0.2, 0) is 6.54 Å². The van der Waals surface area contributed by atoms with Crippen LogP contribution in [0.3, 0.4) is 0 Å². The number of benzene rings is 1. The molecule has 1 heterocycles. The van der Waals surface area contributed by atoms with Gasteiger partial charge in [-0.05, 0) is 19.1 Å². The summed E-state index contributed by atoms with van der Waals surface area (Å²) in [7, 11) is 1.64. The third-order valence-electron chi connectivity index (χ3n) is 2.40. The zero-order chi connectivity index (χ0) is 10.8. The van der Waals surface area contributed by atoms with Crippen LogP contribution in [0, 0.1) is 0 Å². The van der Waals surface area contributed by atoms with Gasteiger partial charge in [0.15, 0.2) is 0 Å². The Kier molecular flexibility index (Phi) is 2.47. The van der Waals surface area contributed by atoms with E-state index >= 15 is 0 Å². The van der Waals surface area contributed by atoms with Gasteiger partial charge in [0.1, 0.15) is 5.75 Å². The van der Waals surface area contributed by atoms with Gasteiger partial charge in [0.25, 0.3) is 0 Å². The molecule has 0 aliphatic heterocycles. The Morgan fingerprint density at radius 1 is 1.53 bits per heavy atom. The van der Waals surface area contributed by atoms with Gasteiger partial charge in [-0.15, -0.1) is 0 Å². The zero-order valence-electron chi connectivity index (χ0n) is 8.82. The van der Waals surface area contributed by atoms with Crippen molar-refractivity contribution in [2.45, 2.75) is 13.5 Å². The van der Waals surface area contributed by atoms with E-state index in [1.54, 1.807) is 7.11 Å². The lowest BCUT2D eigenvalue weighted by molar-refractivity contribution is 0.415. The van der Waals surface area contributed by atoms with E-state index in [0.717, 1.165) is 23.3 Å². The monoisotopic (exact) mass is 206 g/mol. The van der Waals surface area contributed by atoms with Crippen molar-refractivity contribution in [1.82, 2.24) is 9.55 Å². The van der Waals surface area contributed by atoms with E-state index in [-0.39, 0.29) is 0 Å². The van der Waals surface area contributed by atoms with Gasteiger partial charge in [0.05, 0.1) is 18.1 Å². The van der Waals surface area contributed by atoms with Crippen LogP contribution in [0.5, 0.6) is 5.75 Å². The van der Waals surface area contributed by atoms with E-state index in [4.69, 9.17) is 10.6 Å². The predicted octanol–water partition coefficient (Wildman–Crippen LogP) is 1.35. The maximum absolute atomic E-state index is 5.40. The molecule has 0 fully saturated rings. The van der Waals surface area contributed by atoms with Crippen LogP contribution < -0.4 is 16.0 Å². The van der Waals surface area contributed by atoms with Gasteiger partial charge < -0.3 is 9.30 Å². The summed E-state index contributed by atoms with van der Waals surface area (Å²) >= 11 is 0. The molecule has 0 unspecified atom stereocenters. The molecular weight excluding hydrogens is 192 g/mol. The van der Waals surface area contributed by atoms with Gasteiger partial charge in [0, 0.05) is 12.6 Å². The number of aromatic nitrogens is 2. The minimum Gasteiger partial charge on any atom is -0.497 e. The molecule has 1 aromatic heterocycles. The first-order chi connectivity index (χ1) is 7.30. The van der Waals surface area contributed by atoms with E-state index in [0.29, 0.717) is 5.95 Å². The van der Waals surface area contributed by atoms with Crippen molar-refractivity contribution in [3.05, 3.63) is 18.2 Å². The van der Waals surface area contributed by atoms with Gasteiger partial charge in [0.2, 0.25) is 5.95 Å². The number of nitrogens with zero attached hydrogens (tertiary/aromatic N) is 2. The van der Waals surface area contributed by atoms with Crippen molar-refractivity contribution < 1.29 is 4.74 Å². The van der Waals surface area contributed by atoms with Gasteiger partial charge >= 0.3 is 0 Å². The van der Waals surface area contributed by atoms with Crippen molar-refractivity contribution in [2.24, 2.45) is 5.84 Å². The maximum Gasteiger partial charge on any atom is 0.218 e. The van der Waals surface area contributed by atoms with Crippen molar-refractivity contribution in [3.63, 3.8) is 0 Å². The van der Waals surface area contributed by atoms with Gasteiger partial charge in [-0.3, -0.25) is 5.43 Å². The molecule has 0 bridgehead atoms. The second-order valence-electron chi connectivity index (χ2n) is 3.18. The lowest BCUT2D eigenvalue weighted by Crippen LogP contribution is -2.12. The third-order valence-corrected chi connectivity index (χ3v) is 2.40. The Hall–Kier alpha value is -1.75. The number of hydrogen-bond acceptors (Lipinski definition) is 4. The number of aryl methyl sites for hydroxylation is 1. The number of imidazole rings is 1. The summed E-state index contributed by atoms with van der Waals surface area (Å²) < 4.78 is 7.15. The zero-order valence-corrected chi connectivity index (χ0v) is 8.82. The van der Waals surface area contributed by atoms with Crippen LogP contribution in [-0.4, -0.2) is 16.7 Å². The van der Waals surface area contributed by atoms with E-state index in [1.165, 1.54) is 0 Å². The van der Waals surface area contributed by atoms with Gasteiger partial charge in [-0.25, -0.2) is 10.8 Å². The van der Waals surface area contributed by atoms with Crippen LogP contribution in [0.2, 0.25) is 0 Å². The van der Waals surface area contributed by atoms with Gasteiger partial charge in [-0.2, -0.15) is 0 Å². The molecule has 2 rings (SSSR count). The summed E-state index contributed by atoms with van der Waals surface area (Å²) in [6.07, 6.45) is 0. The summed E-state index contributed by atoms with van der Waals surface area (Å²) in [5.74, 6) is 6.86. The molecule has 0 amide bonds. The highest BCUT2D eigenvalue weighted by Gasteiger charge is 2.08. The maximum atomic E-state index is 5.40. The van der Waals surface area contributed by atoms with Gasteiger partial charge in [-0.1, -0.05) is 0 Å². The highest BCUT2D eigenvalue weighted by molar-refractivity contribution is 5.80. The molecule has 2 aromatic rings. The normalized spacial score (nSPS) is 10.6. The molecule has 0 radical (unpaired) electrons. The topological polar surface area (TPSA) is 65.1 Å².